The summed E-state index contributed by atoms with van der Waals surface area (Å²) in [6, 6.07) is 17.1. The molecule has 1 N–H and O–H groups in total. The monoisotopic (exact) mass is 419 g/mol. The van der Waals surface area contributed by atoms with E-state index < -0.39 is 11.4 Å². The molecule has 2 aromatic rings. The molecule has 5 heteroatoms. The van der Waals surface area contributed by atoms with Gasteiger partial charge in [0.15, 0.2) is 0 Å². The molecule has 0 heterocycles. The lowest BCUT2D eigenvalue weighted by Gasteiger charge is -2.37. The maximum absolute atomic E-state index is 12.3. The molecule has 162 valence electrons. The molecule has 0 radical (unpaired) electrons. The lowest BCUT2D eigenvalue weighted by atomic mass is 9.68. The van der Waals surface area contributed by atoms with E-state index in [9.17, 15) is 14.7 Å². The third kappa shape index (κ3) is 5.32. The van der Waals surface area contributed by atoms with E-state index in [2.05, 4.69) is 13.0 Å². The van der Waals surface area contributed by atoms with E-state index in [1.165, 1.54) is 0 Å². The fraction of sp³-hybridized carbons (Fsp3) is 0.423. The first-order chi connectivity index (χ1) is 15.0. The van der Waals surface area contributed by atoms with Crippen molar-refractivity contribution in [1.29, 1.82) is 5.26 Å². The van der Waals surface area contributed by atoms with Crippen LogP contribution in [0, 0.1) is 11.3 Å². The van der Waals surface area contributed by atoms with Crippen LogP contribution in [0.4, 0.5) is 0 Å². The Morgan fingerprint density at radius 2 is 1.61 bits per heavy atom. The Hall–Kier alpha value is -3.13. The van der Waals surface area contributed by atoms with Crippen LogP contribution >= 0.6 is 0 Å². The number of ether oxygens (including phenoxy) is 1. The lowest BCUT2D eigenvalue weighted by Crippen LogP contribution is -2.41. The highest BCUT2D eigenvalue weighted by Gasteiger charge is 2.44. The molecular weight excluding hydrogens is 390 g/mol. The van der Waals surface area contributed by atoms with Crippen LogP contribution in [0.3, 0.4) is 0 Å². The number of carboxylic acid groups (broad SMARTS) is 1. The van der Waals surface area contributed by atoms with Crippen molar-refractivity contribution in [3.63, 3.8) is 0 Å². The SMILES string of the molecule is CCCCCC(=O)OC1CCC(C(=O)O)(c2ccc(-c3ccc(C#N)cc3)cc2)CC1. The van der Waals surface area contributed by atoms with Crippen molar-refractivity contribution < 1.29 is 19.4 Å². The van der Waals surface area contributed by atoms with Crippen molar-refractivity contribution in [2.45, 2.75) is 69.8 Å². The Kier molecular flexibility index (Phi) is 7.46. The number of benzene rings is 2. The number of carbonyl (C=O) groups excluding carboxylic acids is 1. The van der Waals surface area contributed by atoms with Crippen LogP contribution < -0.4 is 0 Å². The predicted octanol–water partition coefficient (Wildman–Crippen LogP) is 5.61. The normalized spacial score (nSPS) is 20.6. The summed E-state index contributed by atoms with van der Waals surface area (Å²) < 4.78 is 5.59. The number of esters is 1. The van der Waals surface area contributed by atoms with E-state index >= 15 is 0 Å². The first-order valence-electron chi connectivity index (χ1n) is 11.0. The minimum Gasteiger partial charge on any atom is -0.481 e. The van der Waals surface area contributed by atoms with E-state index in [4.69, 9.17) is 10.00 Å². The van der Waals surface area contributed by atoms with Crippen molar-refractivity contribution in [2.24, 2.45) is 0 Å². The highest BCUT2D eigenvalue weighted by molar-refractivity contribution is 5.82. The number of carbonyl (C=O) groups is 2. The maximum atomic E-state index is 12.3. The van der Waals surface area contributed by atoms with Crippen LogP contribution in [0.25, 0.3) is 11.1 Å². The molecule has 1 saturated carbocycles. The van der Waals surface area contributed by atoms with Gasteiger partial charge in [0.1, 0.15) is 6.10 Å². The molecule has 1 fully saturated rings. The minimum atomic E-state index is -0.950. The van der Waals surface area contributed by atoms with Gasteiger partial charge < -0.3 is 9.84 Å². The average molecular weight is 420 g/mol. The summed E-state index contributed by atoms with van der Waals surface area (Å²) in [5.41, 5.74) is 2.39. The van der Waals surface area contributed by atoms with Gasteiger partial charge in [0.2, 0.25) is 0 Å². The number of hydrogen-bond donors (Lipinski definition) is 1. The number of carboxylic acids is 1. The van der Waals surface area contributed by atoms with Gasteiger partial charge in [-0.2, -0.15) is 5.26 Å². The summed E-state index contributed by atoms with van der Waals surface area (Å²) in [7, 11) is 0. The predicted molar refractivity (Wildman–Crippen MR) is 118 cm³/mol. The maximum Gasteiger partial charge on any atom is 0.314 e. The molecule has 0 aromatic heterocycles. The second kappa shape index (κ2) is 10.3. The van der Waals surface area contributed by atoms with Crippen LogP contribution in [0.1, 0.15) is 69.4 Å². The molecule has 2 aromatic carbocycles. The first-order valence-corrected chi connectivity index (χ1v) is 11.0. The van der Waals surface area contributed by atoms with Crippen LogP contribution in [0.5, 0.6) is 0 Å². The summed E-state index contributed by atoms with van der Waals surface area (Å²) >= 11 is 0. The van der Waals surface area contributed by atoms with Gasteiger partial charge in [-0.05, 0) is 60.9 Å². The zero-order valence-corrected chi connectivity index (χ0v) is 18.0. The molecule has 0 bridgehead atoms. The summed E-state index contributed by atoms with van der Waals surface area (Å²) in [5.74, 6) is -1.00. The van der Waals surface area contributed by atoms with Gasteiger partial charge in [0.25, 0.3) is 0 Å². The number of rotatable bonds is 8. The molecule has 31 heavy (non-hydrogen) atoms. The van der Waals surface area contributed by atoms with Crippen LogP contribution in [0.15, 0.2) is 48.5 Å². The molecule has 0 atom stereocenters. The highest BCUT2D eigenvalue weighted by atomic mass is 16.5. The Bertz CT molecular complexity index is 933. The Balaban J connectivity index is 1.67. The van der Waals surface area contributed by atoms with Gasteiger partial charge >= 0.3 is 11.9 Å². The molecule has 0 spiro atoms. The number of aliphatic carboxylic acids is 1. The van der Waals surface area contributed by atoms with Gasteiger partial charge in [0.05, 0.1) is 17.0 Å². The van der Waals surface area contributed by atoms with Crippen LogP contribution in [-0.4, -0.2) is 23.1 Å². The molecule has 3 rings (SSSR count). The van der Waals surface area contributed by atoms with Crippen molar-refractivity contribution in [2.75, 3.05) is 0 Å². The lowest BCUT2D eigenvalue weighted by molar-refractivity contribution is -0.153. The van der Waals surface area contributed by atoms with Crippen molar-refractivity contribution in [1.82, 2.24) is 0 Å². The fourth-order valence-corrected chi connectivity index (χ4v) is 4.31. The molecule has 0 amide bonds. The summed E-state index contributed by atoms with van der Waals surface area (Å²) in [6.07, 6.45) is 5.17. The number of unbranched alkanes of at least 4 members (excludes halogenated alkanes) is 2. The molecule has 0 aliphatic heterocycles. The van der Waals surface area contributed by atoms with Gasteiger partial charge in [-0.3, -0.25) is 9.59 Å². The number of nitriles is 1. The first kappa shape index (κ1) is 22.6. The second-order valence-corrected chi connectivity index (χ2v) is 8.30. The highest BCUT2D eigenvalue weighted by Crippen LogP contribution is 2.41. The number of hydrogen-bond acceptors (Lipinski definition) is 4. The van der Waals surface area contributed by atoms with E-state index in [1.807, 2.05) is 36.4 Å². The van der Waals surface area contributed by atoms with Crippen LogP contribution in [0.2, 0.25) is 0 Å². The topological polar surface area (TPSA) is 87.4 Å². The molecular formula is C26H29NO4. The molecule has 1 aliphatic carbocycles. The van der Waals surface area contributed by atoms with Gasteiger partial charge in [-0.1, -0.05) is 56.2 Å². The quantitative estimate of drug-likeness (QED) is 0.444. The third-order valence-corrected chi connectivity index (χ3v) is 6.26. The number of nitrogens with zero attached hydrogens (tertiary/aromatic N) is 1. The zero-order valence-electron chi connectivity index (χ0n) is 18.0. The minimum absolute atomic E-state index is 0.173. The standard InChI is InChI=1S/C26H29NO4/c1-2-3-4-5-24(28)31-23-14-16-26(17-15-23,25(29)30)22-12-10-21(11-13-22)20-8-6-19(18-27)7-9-20/h6-13,23H,2-5,14-17H2,1H3,(H,29,30). The second-order valence-electron chi connectivity index (χ2n) is 8.30. The van der Waals surface area contributed by atoms with Crippen molar-refractivity contribution in [3.8, 4) is 17.2 Å². The van der Waals surface area contributed by atoms with Gasteiger partial charge in [0, 0.05) is 6.42 Å². The van der Waals surface area contributed by atoms with E-state index in [1.54, 1.807) is 12.1 Å². The summed E-state index contributed by atoms with van der Waals surface area (Å²) in [6.45, 7) is 2.09. The van der Waals surface area contributed by atoms with Crippen molar-refractivity contribution >= 4 is 11.9 Å². The smallest absolute Gasteiger partial charge is 0.314 e. The molecule has 1 aliphatic rings. The van der Waals surface area contributed by atoms with Crippen molar-refractivity contribution in [3.05, 3.63) is 59.7 Å². The summed E-state index contributed by atoms with van der Waals surface area (Å²) in [4.78, 5) is 24.3. The van der Waals surface area contributed by atoms with E-state index in [0.29, 0.717) is 37.7 Å². The van der Waals surface area contributed by atoms with Gasteiger partial charge in [-0.15, -0.1) is 0 Å². The fourth-order valence-electron chi connectivity index (χ4n) is 4.31. The molecule has 5 nitrogen and oxygen atoms in total. The Morgan fingerprint density at radius 1 is 1.03 bits per heavy atom. The zero-order chi connectivity index (χ0) is 22.3. The van der Waals surface area contributed by atoms with E-state index in [-0.39, 0.29) is 12.1 Å². The largest absolute Gasteiger partial charge is 0.481 e. The summed E-state index contributed by atoms with van der Waals surface area (Å²) in [5, 5.41) is 19.0. The Labute approximate surface area is 183 Å². The van der Waals surface area contributed by atoms with E-state index in [0.717, 1.165) is 36.0 Å². The van der Waals surface area contributed by atoms with Gasteiger partial charge in [-0.25, -0.2) is 0 Å². The Morgan fingerprint density at radius 3 is 2.13 bits per heavy atom. The third-order valence-electron chi connectivity index (χ3n) is 6.26. The molecule has 0 unspecified atom stereocenters. The average Bonchev–Trinajstić information content (AvgIpc) is 2.80. The van der Waals surface area contributed by atoms with Crippen LogP contribution in [-0.2, 0) is 19.7 Å². The molecule has 0 saturated heterocycles.